The maximum Gasteiger partial charge on any atom is 0.123 e. The van der Waals surface area contributed by atoms with Crippen LogP contribution in [0.5, 0.6) is 0 Å². The Labute approximate surface area is 108 Å². The zero-order chi connectivity index (χ0) is 12.8. The van der Waals surface area contributed by atoms with E-state index in [4.69, 9.17) is 0 Å². The minimum absolute atomic E-state index is 0.173. The van der Waals surface area contributed by atoms with Gasteiger partial charge in [-0.1, -0.05) is 36.4 Å². The Morgan fingerprint density at radius 2 is 1.89 bits per heavy atom. The van der Waals surface area contributed by atoms with Gasteiger partial charge in [-0.05, 0) is 48.7 Å². The van der Waals surface area contributed by atoms with Crippen molar-refractivity contribution >= 4 is 0 Å². The van der Waals surface area contributed by atoms with Crippen LogP contribution in [0.1, 0.15) is 16.7 Å². The molecule has 1 nitrogen and oxygen atoms in total. The second-order valence-electron chi connectivity index (χ2n) is 4.48. The van der Waals surface area contributed by atoms with Crippen molar-refractivity contribution in [3.05, 3.63) is 71.0 Å². The van der Waals surface area contributed by atoms with Crippen molar-refractivity contribution in [2.24, 2.45) is 0 Å². The molecule has 0 heterocycles. The van der Waals surface area contributed by atoms with Crippen LogP contribution in [0.3, 0.4) is 0 Å². The van der Waals surface area contributed by atoms with Crippen molar-refractivity contribution in [2.45, 2.75) is 19.9 Å². The molecule has 0 saturated heterocycles. The van der Waals surface area contributed by atoms with Crippen LogP contribution >= 0.6 is 0 Å². The lowest BCUT2D eigenvalue weighted by molar-refractivity contribution is 0.620. The van der Waals surface area contributed by atoms with Gasteiger partial charge in [-0.15, -0.1) is 0 Å². The van der Waals surface area contributed by atoms with E-state index >= 15 is 0 Å². The quantitative estimate of drug-likeness (QED) is 0.793. The lowest BCUT2D eigenvalue weighted by atomic mass is 10.1. The van der Waals surface area contributed by atoms with Gasteiger partial charge < -0.3 is 5.32 Å². The third-order valence-corrected chi connectivity index (χ3v) is 3.05. The number of halogens is 1. The molecule has 0 aliphatic heterocycles. The number of rotatable bonds is 5. The highest BCUT2D eigenvalue weighted by molar-refractivity contribution is 5.25. The number of hydrogen-bond acceptors (Lipinski definition) is 1. The molecule has 94 valence electrons. The van der Waals surface area contributed by atoms with Crippen LogP contribution in [0.25, 0.3) is 0 Å². The summed E-state index contributed by atoms with van der Waals surface area (Å²) in [6, 6.07) is 15.1. The fraction of sp³-hybridized carbons (Fsp3) is 0.250. The van der Waals surface area contributed by atoms with Gasteiger partial charge in [0.25, 0.3) is 0 Å². The Morgan fingerprint density at radius 1 is 1.06 bits per heavy atom. The Kier molecular flexibility index (Phi) is 4.48. The van der Waals surface area contributed by atoms with E-state index in [1.54, 1.807) is 12.1 Å². The monoisotopic (exact) mass is 243 g/mol. The van der Waals surface area contributed by atoms with Gasteiger partial charge in [0.1, 0.15) is 5.82 Å². The fourth-order valence-corrected chi connectivity index (χ4v) is 1.99. The van der Waals surface area contributed by atoms with E-state index in [9.17, 15) is 4.39 Å². The SMILES string of the molecule is Cc1ccccc1CCNCc1cccc(F)c1. The molecule has 0 radical (unpaired) electrons. The smallest absolute Gasteiger partial charge is 0.123 e. The minimum atomic E-state index is -0.173. The van der Waals surface area contributed by atoms with Crippen LogP contribution in [0.15, 0.2) is 48.5 Å². The predicted octanol–water partition coefficient (Wildman–Crippen LogP) is 3.47. The molecule has 1 N–H and O–H groups in total. The summed E-state index contributed by atoms with van der Waals surface area (Å²) in [5.74, 6) is -0.173. The van der Waals surface area contributed by atoms with Gasteiger partial charge in [0.05, 0.1) is 0 Å². The van der Waals surface area contributed by atoms with Crippen LogP contribution in [0, 0.1) is 12.7 Å². The van der Waals surface area contributed by atoms with Crippen LogP contribution in [-0.4, -0.2) is 6.54 Å². The van der Waals surface area contributed by atoms with Crippen LogP contribution in [0.4, 0.5) is 4.39 Å². The molecule has 0 unspecified atom stereocenters. The summed E-state index contributed by atoms with van der Waals surface area (Å²) in [4.78, 5) is 0. The molecule has 0 saturated carbocycles. The largest absolute Gasteiger partial charge is 0.312 e. The Hall–Kier alpha value is -1.67. The van der Waals surface area contributed by atoms with Crippen LogP contribution < -0.4 is 5.32 Å². The maximum absolute atomic E-state index is 13.0. The summed E-state index contributed by atoms with van der Waals surface area (Å²) in [7, 11) is 0. The summed E-state index contributed by atoms with van der Waals surface area (Å²) >= 11 is 0. The molecule has 2 aromatic carbocycles. The number of benzene rings is 2. The van der Waals surface area contributed by atoms with Gasteiger partial charge in [-0.25, -0.2) is 4.39 Å². The lowest BCUT2D eigenvalue weighted by Gasteiger charge is -2.07. The van der Waals surface area contributed by atoms with Gasteiger partial charge in [0.15, 0.2) is 0 Å². The summed E-state index contributed by atoms with van der Waals surface area (Å²) < 4.78 is 13.0. The molecule has 0 aromatic heterocycles. The zero-order valence-electron chi connectivity index (χ0n) is 10.6. The molecule has 0 atom stereocenters. The molecule has 2 aromatic rings. The highest BCUT2D eigenvalue weighted by Gasteiger charge is 1.98. The first kappa shape index (κ1) is 12.8. The maximum atomic E-state index is 13.0. The molecule has 2 heteroatoms. The van der Waals surface area contributed by atoms with Crippen LogP contribution in [-0.2, 0) is 13.0 Å². The van der Waals surface area contributed by atoms with E-state index in [1.165, 1.54) is 17.2 Å². The summed E-state index contributed by atoms with van der Waals surface area (Å²) in [6.07, 6.45) is 1.00. The van der Waals surface area contributed by atoms with Crippen molar-refractivity contribution in [3.63, 3.8) is 0 Å². The Balaban J connectivity index is 1.78. The predicted molar refractivity (Wildman–Crippen MR) is 73.0 cm³/mol. The Morgan fingerprint density at radius 3 is 2.67 bits per heavy atom. The molecular formula is C16H18FN. The normalized spacial score (nSPS) is 10.6. The number of nitrogens with one attached hydrogen (secondary N) is 1. The van der Waals surface area contributed by atoms with Crippen molar-refractivity contribution in [3.8, 4) is 0 Å². The van der Waals surface area contributed by atoms with Gasteiger partial charge in [-0.2, -0.15) is 0 Å². The zero-order valence-corrected chi connectivity index (χ0v) is 10.6. The van der Waals surface area contributed by atoms with E-state index in [0.717, 1.165) is 18.5 Å². The topological polar surface area (TPSA) is 12.0 Å². The standard InChI is InChI=1S/C16H18FN/c1-13-5-2-3-7-15(13)9-10-18-12-14-6-4-8-16(17)11-14/h2-8,11,18H,9-10,12H2,1H3. The summed E-state index contributed by atoms with van der Waals surface area (Å²) in [5.41, 5.74) is 3.68. The van der Waals surface area contributed by atoms with Crippen molar-refractivity contribution in [2.75, 3.05) is 6.54 Å². The van der Waals surface area contributed by atoms with E-state index in [0.29, 0.717) is 6.54 Å². The third kappa shape index (κ3) is 3.67. The van der Waals surface area contributed by atoms with Gasteiger partial charge >= 0.3 is 0 Å². The summed E-state index contributed by atoms with van der Waals surface area (Å²) in [6.45, 7) is 3.74. The molecule has 0 aliphatic carbocycles. The van der Waals surface area contributed by atoms with Crippen molar-refractivity contribution in [1.82, 2.24) is 5.32 Å². The first-order valence-electron chi connectivity index (χ1n) is 6.25. The Bertz CT molecular complexity index is 508. The van der Waals surface area contributed by atoms with E-state index in [2.05, 4.69) is 36.5 Å². The minimum Gasteiger partial charge on any atom is -0.312 e. The number of hydrogen-bond donors (Lipinski definition) is 1. The van der Waals surface area contributed by atoms with Gasteiger partial charge in [0.2, 0.25) is 0 Å². The highest BCUT2D eigenvalue weighted by atomic mass is 19.1. The van der Waals surface area contributed by atoms with Gasteiger partial charge in [0, 0.05) is 6.54 Å². The highest BCUT2D eigenvalue weighted by Crippen LogP contribution is 2.07. The van der Waals surface area contributed by atoms with E-state index in [1.807, 2.05) is 6.07 Å². The van der Waals surface area contributed by atoms with Crippen molar-refractivity contribution < 1.29 is 4.39 Å². The van der Waals surface area contributed by atoms with E-state index < -0.39 is 0 Å². The fourth-order valence-electron chi connectivity index (χ4n) is 1.99. The number of aryl methyl sites for hydroxylation is 1. The molecule has 0 spiro atoms. The lowest BCUT2D eigenvalue weighted by Crippen LogP contribution is -2.17. The average molecular weight is 243 g/mol. The molecule has 18 heavy (non-hydrogen) atoms. The van der Waals surface area contributed by atoms with Crippen molar-refractivity contribution in [1.29, 1.82) is 0 Å². The first-order valence-corrected chi connectivity index (χ1v) is 6.25. The average Bonchev–Trinajstić information content (AvgIpc) is 2.37. The third-order valence-electron chi connectivity index (χ3n) is 3.05. The molecular weight excluding hydrogens is 225 g/mol. The molecule has 0 amide bonds. The molecule has 0 aliphatic rings. The first-order chi connectivity index (χ1) is 8.75. The van der Waals surface area contributed by atoms with Crippen LogP contribution in [0.2, 0.25) is 0 Å². The molecule has 0 fully saturated rings. The second kappa shape index (κ2) is 6.31. The summed E-state index contributed by atoms with van der Waals surface area (Å²) in [5, 5.41) is 3.34. The van der Waals surface area contributed by atoms with Gasteiger partial charge in [-0.3, -0.25) is 0 Å². The van der Waals surface area contributed by atoms with E-state index in [-0.39, 0.29) is 5.82 Å². The second-order valence-corrected chi connectivity index (χ2v) is 4.48. The molecule has 2 rings (SSSR count). The molecule has 0 bridgehead atoms.